The molecule has 4 rings (SSSR count). The van der Waals surface area contributed by atoms with Crippen molar-refractivity contribution in [1.82, 2.24) is 25.2 Å². The van der Waals surface area contributed by atoms with Crippen molar-refractivity contribution < 1.29 is 9.18 Å². The molecular weight excluding hydrogens is 411 g/mol. The largest absolute Gasteiger partial charge is 0.319 e. The van der Waals surface area contributed by atoms with Crippen LogP contribution in [0.25, 0.3) is 5.69 Å². The van der Waals surface area contributed by atoms with E-state index in [9.17, 15) is 9.18 Å². The number of thiazole rings is 1. The van der Waals surface area contributed by atoms with Crippen LogP contribution >= 0.6 is 23.1 Å². The highest BCUT2D eigenvalue weighted by molar-refractivity contribution is 7.98. The highest BCUT2D eigenvalue weighted by Gasteiger charge is 2.15. The molecule has 0 atom stereocenters. The van der Waals surface area contributed by atoms with E-state index in [-0.39, 0.29) is 5.69 Å². The molecule has 0 aliphatic heterocycles. The molecule has 7 nitrogen and oxygen atoms in total. The zero-order valence-corrected chi connectivity index (χ0v) is 16.9. The Morgan fingerprint density at radius 1 is 1.28 bits per heavy atom. The number of amides is 1. The van der Waals surface area contributed by atoms with Gasteiger partial charge in [0.25, 0.3) is 5.91 Å². The number of thioether (sulfide) groups is 1. The summed E-state index contributed by atoms with van der Waals surface area (Å²) in [5.41, 5.74) is 3.80. The number of halogens is 1. The first-order chi connectivity index (χ1) is 14.1. The van der Waals surface area contributed by atoms with Crippen molar-refractivity contribution in [2.24, 2.45) is 0 Å². The highest BCUT2D eigenvalue weighted by Crippen LogP contribution is 2.27. The van der Waals surface area contributed by atoms with Crippen LogP contribution in [0.15, 0.2) is 58.3 Å². The van der Waals surface area contributed by atoms with Crippen LogP contribution in [0.2, 0.25) is 0 Å². The van der Waals surface area contributed by atoms with E-state index >= 15 is 0 Å². The Kier molecular flexibility index (Phi) is 5.63. The topological polar surface area (TPSA) is 85.6 Å². The summed E-state index contributed by atoms with van der Waals surface area (Å²) < 4.78 is 15.8. The number of hydrogen-bond acceptors (Lipinski definition) is 7. The van der Waals surface area contributed by atoms with Crippen molar-refractivity contribution in [3.8, 4) is 5.69 Å². The molecular formula is C19H15FN6OS2. The van der Waals surface area contributed by atoms with Crippen molar-refractivity contribution in [1.29, 1.82) is 0 Å². The number of carbonyl (C=O) groups is 1. The Bertz CT molecular complexity index is 1150. The summed E-state index contributed by atoms with van der Waals surface area (Å²) in [6.45, 7) is 1.73. The van der Waals surface area contributed by atoms with Crippen molar-refractivity contribution in [3.05, 3.63) is 76.3 Å². The summed E-state index contributed by atoms with van der Waals surface area (Å²) in [5.74, 6) is 0.268. The normalized spacial score (nSPS) is 10.8. The molecule has 0 fully saturated rings. The smallest absolute Gasteiger partial charge is 0.256 e. The number of nitrogens with one attached hydrogen (secondary N) is 1. The maximum atomic E-state index is 14.3. The van der Waals surface area contributed by atoms with Crippen LogP contribution < -0.4 is 5.32 Å². The summed E-state index contributed by atoms with van der Waals surface area (Å²) in [7, 11) is 0. The van der Waals surface area contributed by atoms with Gasteiger partial charge in [0.2, 0.25) is 0 Å². The number of tetrazole rings is 1. The van der Waals surface area contributed by atoms with Crippen molar-refractivity contribution >= 4 is 34.7 Å². The van der Waals surface area contributed by atoms with Crippen LogP contribution in [0.3, 0.4) is 0 Å². The number of nitrogens with zero attached hydrogens (tertiary/aromatic N) is 5. The number of anilines is 1. The minimum absolute atomic E-state index is 0.0571. The average Bonchev–Trinajstić information content (AvgIpc) is 3.40. The lowest BCUT2D eigenvalue weighted by Crippen LogP contribution is -2.14. The second-order valence-corrected chi connectivity index (χ2v) is 7.76. The predicted octanol–water partition coefficient (Wildman–Crippen LogP) is 4.11. The van der Waals surface area contributed by atoms with Gasteiger partial charge in [0.05, 0.1) is 28.1 Å². The fraction of sp³-hybridized carbons (Fsp3) is 0.105. The van der Waals surface area contributed by atoms with Crippen LogP contribution in [-0.4, -0.2) is 31.1 Å². The average molecular weight is 427 g/mol. The maximum Gasteiger partial charge on any atom is 0.256 e. The number of rotatable bonds is 6. The molecule has 1 amide bonds. The highest BCUT2D eigenvalue weighted by atomic mass is 32.2. The number of carbonyl (C=O) groups excluding carboxylic acids is 1. The van der Waals surface area contributed by atoms with Crippen molar-refractivity contribution in [3.63, 3.8) is 0 Å². The number of hydrogen-bond donors (Lipinski definition) is 1. The Morgan fingerprint density at radius 2 is 2.14 bits per heavy atom. The van der Waals surface area contributed by atoms with E-state index in [1.165, 1.54) is 39.9 Å². The minimum atomic E-state index is -0.541. The zero-order valence-electron chi connectivity index (χ0n) is 15.2. The molecule has 2 aromatic heterocycles. The minimum Gasteiger partial charge on any atom is -0.319 e. The lowest BCUT2D eigenvalue weighted by atomic mass is 10.2. The second kappa shape index (κ2) is 8.50. The lowest BCUT2D eigenvalue weighted by Gasteiger charge is -2.11. The Balaban J connectivity index is 1.56. The van der Waals surface area contributed by atoms with Crippen LogP contribution in [-0.2, 0) is 5.75 Å². The van der Waals surface area contributed by atoms with Gasteiger partial charge in [-0.1, -0.05) is 12.1 Å². The molecule has 0 spiro atoms. The van der Waals surface area contributed by atoms with Gasteiger partial charge in [-0.3, -0.25) is 4.79 Å². The third-order valence-corrected chi connectivity index (χ3v) is 5.80. The molecule has 0 bridgehead atoms. The third-order valence-electron chi connectivity index (χ3n) is 4.06. The molecule has 0 aliphatic rings. The summed E-state index contributed by atoms with van der Waals surface area (Å²) >= 11 is 3.04. The summed E-state index contributed by atoms with van der Waals surface area (Å²) in [6.07, 6.45) is 0. The Hall–Kier alpha value is -3.11. The molecule has 2 heterocycles. The van der Waals surface area contributed by atoms with E-state index in [1.54, 1.807) is 30.6 Å². The summed E-state index contributed by atoms with van der Waals surface area (Å²) in [4.78, 5) is 17.9. The molecule has 146 valence electrons. The van der Waals surface area contributed by atoms with E-state index in [0.29, 0.717) is 22.8 Å². The van der Waals surface area contributed by atoms with Gasteiger partial charge in [0.1, 0.15) is 5.82 Å². The molecule has 0 radical (unpaired) electrons. The second-order valence-electron chi connectivity index (χ2n) is 6.02. The molecule has 0 saturated carbocycles. The Labute approximate surface area is 174 Å². The van der Waals surface area contributed by atoms with Crippen LogP contribution in [0, 0.1) is 12.7 Å². The van der Waals surface area contributed by atoms with Gasteiger partial charge in [-0.25, -0.2) is 9.37 Å². The SMILES string of the molecule is Cc1nnnn1-c1ccc(F)c(NC(=O)c2ccccc2SCc2cscn2)c1. The van der Waals surface area contributed by atoms with Crippen molar-refractivity contribution in [2.75, 3.05) is 5.32 Å². The molecule has 1 N–H and O–H groups in total. The van der Waals surface area contributed by atoms with Crippen LogP contribution in [0.4, 0.5) is 10.1 Å². The zero-order chi connectivity index (χ0) is 20.2. The van der Waals surface area contributed by atoms with Gasteiger partial charge in [0, 0.05) is 16.0 Å². The van der Waals surface area contributed by atoms with Gasteiger partial charge in [0.15, 0.2) is 5.82 Å². The molecule has 4 aromatic rings. The van der Waals surface area contributed by atoms with Gasteiger partial charge in [-0.05, 0) is 47.7 Å². The Morgan fingerprint density at radius 3 is 2.90 bits per heavy atom. The maximum absolute atomic E-state index is 14.3. The molecule has 29 heavy (non-hydrogen) atoms. The molecule has 10 heteroatoms. The van der Waals surface area contributed by atoms with Crippen molar-refractivity contribution in [2.45, 2.75) is 17.6 Å². The number of aromatic nitrogens is 5. The van der Waals surface area contributed by atoms with Gasteiger partial charge < -0.3 is 5.32 Å². The fourth-order valence-electron chi connectivity index (χ4n) is 2.64. The fourth-order valence-corrected chi connectivity index (χ4v) is 4.26. The van der Waals surface area contributed by atoms with Crippen LogP contribution in [0.5, 0.6) is 0 Å². The predicted molar refractivity (Wildman–Crippen MR) is 110 cm³/mol. The van der Waals surface area contributed by atoms with Gasteiger partial charge in [-0.2, -0.15) is 4.68 Å². The molecule has 2 aromatic carbocycles. The van der Waals surface area contributed by atoms with E-state index in [2.05, 4.69) is 25.8 Å². The first kappa shape index (κ1) is 19.2. The quantitative estimate of drug-likeness (QED) is 0.467. The summed E-state index contributed by atoms with van der Waals surface area (Å²) in [6, 6.07) is 11.5. The molecule has 0 aliphatic carbocycles. The first-order valence-corrected chi connectivity index (χ1v) is 10.5. The van der Waals surface area contributed by atoms with E-state index in [1.807, 2.05) is 17.5 Å². The van der Waals surface area contributed by atoms with E-state index in [4.69, 9.17) is 0 Å². The number of benzene rings is 2. The monoisotopic (exact) mass is 426 g/mol. The van der Waals surface area contributed by atoms with E-state index in [0.717, 1.165) is 10.6 Å². The summed E-state index contributed by atoms with van der Waals surface area (Å²) in [5, 5.41) is 15.9. The standard InChI is InChI=1S/C19H15FN6OS2/c1-12-23-24-25-26(12)14-6-7-16(20)17(8-14)22-19(27)15-4-2-3-5-18(15)29-10-13-9-28-11-21-13/h2-9,11H,10H2,1H3,(H,22,27). The molecule has 0 saturated heterocycles. The van der Waals surface area contributed by atoms with Gasteiger partial charge in [-0.15, -0.1) is 28.2 Å². The molecule has 0 unspecified atom stereocenters. The van der Waals surface area contributed by atoms with E-state index < -0.39 is 11.7 Å². The lowest BCUT2D eigenvalue weighted by molar-refractivity contribution is 0.102. The third kappa shape index (κ3) is 4.33. The number of aryl methyl sites for hydroxylation is 1. The van der Waals surface area contributed by atoms with Gasteiger partial charge >= 0.3 is 0 Å². The first-order valence-electron chi connectivity index (χ1n) is 8.57. The van der Waals surface area contributed by atoms with Crippen LogP contribution in [0.1, 0.15) is 21.9 Å².